The standard InChI is InChI=1S/C15H29N3O/c1-11(8-9-19-7)18-13(3)14(12(2)17-18)10-16-15(4,5)6/h11,16H,8-10H2,1-7H3. The first-order valence-electron chi connectivity index (χ1n) is 7.05. The van der Waals surface area contributed by atoms with E-state index in [-0.39, 0.29) is 5.54 Å². The number of hydrogen-bond donors (Lipinski definition) is 1. The number of rotatable bonds is 6. The molecule has 1 N–H and O–H groups in total. The minimum atomic E-state index is 0.128. The summed E-state index contributed by atoms with van der Waals surface area (Å²) in [7, 11) is 1.74. The number of hydrogen-bond acceptors (Lipinski definition) is 3. The van der Waals surface area contributed by atoms with E-state index >= 15 is 0 Å². The van der Waals surface area contributed by atoms with E-state index in [0.717, 1.165) is 25.3 Å². The number of aryl methyl sites for hydroxylation is 1. The Balaban J connectivity index is 2.82. The molecule has 110 valence electrons. The monoisotopic (exact) mass is 267 g/mol. The van der Waals surface area contributed by atoms with Crippen molar-refractivity contribution in [2.75, 3.05) is 13.7 Å². The van der Waals surface area contributed by atoms with Gasteiger partial charge in [0, 0.05) is 37.1 Å². The molecule has 0 saturated carbocycles. The lowest BCUT2D eigenvalue weighted by atomic mass is 10.1. The summed E-state index contributed by atoms with van der Waals surface area (Å²) in [6.07, 6.45) is 0.991. The van der Waals surface area contributed by atoms with Gasteiger partial charge in [-0.25, -0.2) is 0 Å². The second-order valence-electron chi connectivity index (χ2n) is 6.33. The van der Waals surface area contributed by atoms with Gasteiger partial charge in [0.05, 0.1) is 11.7 Å². The van der Waals surface area contributed by atoms with Gasteiger partial charge in [-0.05, 0) is 48.0 Å². The van der Waals surface area contributed by atoms with E-state index in [1.54, 1.807) is 7.11 Å². The molecule has 4 nitrogen and oxygen atoms in total. The van der Waals surface area contributed by atoms with Crippen molar-refractivity contribution in [3.05, 3.63) is 17.0 Å². The largest absolute Gasteiger partial charge is 0.385 e. The molecule has 1 rings (SSSR count). The van der Waals surface area contributed by atoms with Crippen molar-refractivity contribution in [3.63, 3.8) is 0 Å². The average Bonchev–Trinajstić information content (AvgIpc) is 2.58. The third-order valence-corrected chi connectivity index (χ3v) is 3.43. The van der Waals surface area contributed by atoms with Gasteiger partial charge in [0.15, 0.2) is 0 Å². The van der Waals surface area contributed by atoms with Crippen molar-refractivity contribution >= 4 is 0 Å². The smallest absolute Gasteiger partial charge is 0.0641 e. The lowest BCUT2D eigenvalue weighted by Crippen LogP contribution is -2.35. The number of ether oxygens (including phenoxy) is 1. The summed E-state index contributed by atoms with van der Waals surface area (Å²) in [5.41, 5.74) is 3.83. The topological polar surface area (TPSA) is 39.1 Å². The summed E-state index contributed by atoms with van der Waals surface area (Å²) in [4.78, 5) is 0. The van der Waals surface area contributed by atoms with E-state index in [2.05, 4.69) is 56.6 Å². The third-order valence-electron chi connectivity index (χ3n) is 3.43. The van der Waals surface area contributed by atoms with Crippen LogP contribution in [0.3, 0.4) is 0 Å². The normalized spacial score (nSPS) is 13.8. The predicted molar refractivity (Wildman–Crippen MR) is 79.5 cm³/mol. The predicted octanol–water partition coefficient (Wildman–Crippen LogP) is 2.99. The lowest BCUT2D eigenvalue weighted by molar-refractivity contribution is 0.178. The van der Waals surface area contributed by atoms with Crippen LogP contribution >= 0.6 is 0 Å². The fraction of sp³-hybridized carbons (Fsp3) is 0.800. The van der Waals surface area contributed by atoms with Crippen LogP contribution in [-0.4, -0.2) is 29.0 Å². The highest BCUT2D eigenvalue weighted by Crippen LogP contribution is 2.20. The number of nitrogens with one attached hydrogen (secondary N) is 1. The molecule has 19 heavy (non-hydrogen) atoms. The summed E-state index contributed by atoms with van der Waals surface area (Å²) in [5, 5.41) is 8.22. The molecule has 1 atom stereocenters. The molecule has 0 bridgehead atoms. The van der Waals surface area contributed by atoms with Crippen molar-refractivity contribution < 1.29 is 4.74 Å². The first-order chi connectivity index (χ1) is 8.76. The van der Waals surface area contributed by atoms with E-state index in [9.17, 15) is 0 Å². The number of nitrogens with zero attached hydrogens (tertiary/aromatic N) is 2. The van der Waals surface area contributed by atoms with Gasteiger partial charge in [0.2, 0.25) is 0 Å². The maximum absolute atomic E-state index is 5.15. The minimum Gasteiger partial charge on any atom is -0.385 e. The van der Waals surface area contributed by atoms with E-state index in [4.69, 9.17) is 4.74 Å². The molecular weight excluding hydrogens is 238 g/mol. The van der Waals surface area contributed by atoms with E-state index in [0.29, 0.717) is 6.04 Å². The van der Waals surface area contributed by atoms with Crippen LogP contribution in [0.1, 0.15) is 57.1 Å². The van der Waals surface area contributed by atoms with Crippen LogP contribution in [-0.2, 0) is 11.3 Å². The molecule has 0 aliphatic rings. The Morgan fingerprint density at radius 1 is 1.32 bits per heavy atom. The van der Waals surface area contributed by atoms with Crippen LogP contribution in [0.15, 0.2) is 0 Å². The zero-order chi connectivity index (χ0) is 14.6. The summed E-state index contributed by atoms with van der Waals surface area (Å²) < 4.78 is 7.28. The van der Waals surface area contributed by atoms with Crippen LogP contribution in [0, 0.1) is 13.8 Å². The Labute approximate surface area is 117 Å². The molecule has 0 aromatic carbocycles. The second-order valence-corrected chi connectivity index (χ2v) is 6.33. The fourth-order valence-electron chi connectivity index (χ4n) is 2.15. The summed E-state index contributed by atoms with van der Waals surface area (Å²) in [6.45, 7) is 14.6. The van der Waals surface area contributed by atoms with Gasteiger partial charge in [-0.1, -0.05) is 0 Å². The van der Waals surface area contributed by atoms with Gasteiger partial charge in [0.25, 0.3) is 0 Å². The van der Waals surface area contributed by atoms with Crippen LogP contribution < -0.4 is 5.32 Å². The summed E-state index contributed by atoms with van der Waals surface area (Å²) in [5.74, 6) is 0. The molecule has 1 aromatic rings. The highest BCUT2D eigenvalue weighted by Gasteiger charge is 2.17. The minimum absolute atomic E-state index is 0.128. The van der Waals surface area contributed by atoms with Crippen molar-refractivity contribution in [3.8, 4) is 0 Å². The average molecular weight is 267 g/mol. The highest BCUT2D eigenvalue weighted by molar-refractivity contribution is 5.25. The Hall–Kier alpha value is -0.870. The second kappa shape index (κ2) is 6.53. The van der Waals surface area contributed by atoms with Gasteiger partial charge in [-0.15, -0.1) is 0 Å². The fourth-order valence-corrected chi connectivity index (χ4v) is 2.15. The summed E-state index contributed by atoms with van der Waals surface area (Å²) >= 11 is 0. The molecule has 0 aliphatic heterocycles. The maximum atomic E-state index is 5.15. The van der Waals surface area contributed by atoms with E-state index in [1.165, 1.54) is 11.3 Å². The van der Waals surface area contributed by atoms with Gasteiger partial charge in [-0.2, -0.15) is 5.10 Å². The molecule has 4 heteroatoms. The van der Waals surface area contributed by atoms with Crippen LogP contribution in [0.2, 0.25) is 0 Å². The third kappa shape index (κ3) is 4.62. The quantitative estimate of drug-likeness (QED) is 0.861. The van der Waals surface area contributed by atoms with E-state index in [1.807, 2.05) is 0 Å². The molecule has 0 radical (unpaired) electrons. The van der Waals surface area contributed by atoms with Gasteiger partial charge >= 0.3 is 0 Å². The maximum Gasteiger partial charge on any atom is 0.0641 e. The van der Waals surface area contributed by atoms with Gasteiger partial charge < -0.3 is 10.1 Å². The van der Waals surface area contributed by atoms with Crippen molar-refractivity contribution in [2.24, 2.45) is 0 Å². The molecule has 0 aliphatic carbocycles. The van der Waals surface area contributed by atoms with Crippen molar-refractivity contribution in [1.29, 1.82) is 0 Å². The summed E-state index contributed by atoms with van der Waals surface area (Å²) in [6, 6.07) is 0.377. The van der Waals surface area contributed by atoms with Gasteiger partial charge in [0.1, 0.15) is 0 Å². The molecule has 0 saturated heterocycles. The zero-order valence-corrected chi connectivity index (χ0v) is 13.5. The first-order valence-corrected chi connectivity index (χ1v) is 7.05. The molecule has 0 fully saturated rings. The Bertz CT molecular complexity index is 404. The zero-order valence-electron chi connectivity index (χ0n) is 13.5. The molecule has 1 unspecified atom stereocenters. The van der Waals surface area contributed by atoms with Crippen molar-refractivity contribution in [1.82, 2.24) is 15.1 Å². The molecule has 1 heterocycles. The van der Waals surface area contributed by atoms with Gasteiger partial charge in [-0.3, -0.25) is 4.68 Å². The Morgan fingerprint density at radius 2 is 1.95 bits per heavy atom. The van der Waals surface area contributed by atoms with Crippen LogP contribution in [0.5, 0.6) is 0 Å². The van der Waals surface area contributed by atoms with Crippen molar-refractivity contribution in [2.45, 2.75) is 66.1 Å². The highest BCUT2D eigenvalue weighted by atomic mass is 16.5. The molecular formula is C15H29N3O. The van der Waals surface area contributed by atoms with Crippen LogP contribution in [0.4, 0.5) is 0 Å². The number of methoxy groups -OCH3 is 1. The Morgan fingerprint density at radius 3 is 2.47 bits per heavy atom. The lowest BCUT2D eigenvalue weighted by Gasteiger charge is -2.21. The van der Waals surface area contributed by atoms with E-state index < -0.39 is 0 Å². The van der Waals surface area contributed by atoms with Crippen LogP contribution in [0.25, 0.3) is 0 Å². The SMILES string of the molecule is COCCC(C)n1nc(C)c(CNC(C)(C)C)c1C. The number of aromatic nitrogens is 2. The molecule has 0 spiro atoms. The Kier molecular flexibility index (Phi) is 5.56. The first kappa shape index (κ1) is 16.2. The molecule has 0 amide bonds. The molecule has 1 aromatic heterocycles.